The first-order valence-electron chi connectivity index (χ1n) is 10.9. The lowest BCUT2D eigenvalue weighted by atomic mass is 9.81. The molecule has 4 aromatic rings. The number of pyridine rings is 1. The topological polar surface area (TPSA) is 55.4 Å². The van der Waals surface area contributed by atoms with Crippen LogP contribution < -0.4 is 0 Å². The van der Waals surface area contributed by atoms with E-state index in [1.807, 2.05) is 29.3 Å². The number of aryl methyl sites for hydroxylation is 1. The highest BCUT2D eigenvalue weighted by Crippen LogP contribution is 2.45. The first-order chi connectivity index (χ1) is 15.9. The van der Waals surface area contributed by atoms with E-state index in [4.69, 9.17) is 0 Å². The second kappa shape index (κ2) is 7.19. The Bertz CT molecular complexity index is 1400. The normalized spacial score (nSPS) is 19.7. The van der Waals surface area contributed by atoms with Gasteiger partial charge >= 0.3 is 0 Å². The van der Waals surface area contributed by atoms with Gasteiger partial charge in [0.1, 0.15) is 11.3 Å². The summed E-state index contributed by atoms with van der Waals surface area (Å²) in [5, 5.41) is 4.67. The molecule has 0 unspecified atom stereocenters. The first-order valence-corrected chi connectivity index (χ1v) is 10.9. The highest BCUT2D eigenvalue weighted by molar-refractivity contribution is 5.94. The Morgan fingerprint density at radius 3 is 2.70 bits per heavy atom. The first kappa shape index (κ1) is 20.0. The van der Waals surface area contributed by atoms with Crippen LogP contribution in [0.1, 0.15) is 47.1 Å². The molecule has 168 valence electrons. The van der Waals surface area contributed by atoms with Gasteiger partial charge in [-0.2, -0.15) is 5.10 Å². The molecule has 0 saturated carbocycles. The monoisotopic (exact) mass is 451 g/mol. The molecule has 1 fully saturated rings. The van der Waals surface area contributed by atoms with Crippen LogP contribution >= 0.6 is 0 Å². The van der Waals surface area contributed by atoms with Crippen LogP contribution in [0.15, 0.2) is 42.7 Å². The standard InChI is InChI=1S/C24H20F3N5O/c1-30-23(13-9-16(25)21(27)17(26)10-13)15-11-14-5-4-6-18(22(15)29-30)32(14)24(33)19-12-28-20-7-2-3-8-31(19)20/h2-3,7-10,12,14,18H,4-6,11H2,1H3/t14-,18+/m0/s1. The van der Waals surface area contributed by atoms with Crippen molar-refractivity contribution in [3.8, 4) is 11.3 Å². The van der Waals surface area contributed by atoms with E-state index >= 15 is 0 Å². The van der Waals surface area contributed by atoms with Crippen LogP contribution in [0.2, 0.25) is 0 Å². The van der Waals surface area contributed by atoms with Crippen molar-refractivity contribution in [3.63, 3.8) is 0 Å². The zero-order chi connectivity index (χ0) is 22.9. The van der Waals surface area contributed by atoms with Gasteiger partial charge in [-0.3, -0.25) is 13.9 Å². The largest absolute Gasteiger partial charge is 0.325 e. The van der Waals surface area contributed by atoms with Crippen molar-refractivity contribution in [2.45, 2.75) is 37.8 Å². The van der Waals surface area contributed by atoms with Gasteiger partial charge in [0, 0.05) is 30.4 Å². The zero-order valence-corrected chi connectivity index (χ0v) is 17.8. The molecule has 3 aromatic heterocycles. The summed E-state index contributed by atoms with van der Waals surface area (Å²) in [5.41, 5.74) is 3.58. The lowest BCUT2D eigenvalue weighted by Crippen LogP contribution is -2.50. The molecule has 2 aliphatic heterocycles. The van der Waals surface area contributed by atoms with Crippen LogP contribution in [0.25, 0.3) is 16.9 Å². The van der Waals surface area contributed by atoms with Crippen LogP contribution in [0.5, 0.6) is 0 Å². The van der Waals surface area contributed by atoms with Crippen molar-refractivity contribution in [2.75, 3.05) is 0 Å². The molecule has 1 amide bonds. The van der Waals surface area contributed by atoms with Crippen molar-refractivity contribution in [2.24, 2.45) is 7.05 Å². The van der Waals surface area contributed by atoms with E-state index in [-0.39, 0.29) is 23.6 Å². The third-order valence-electron chi connectivity index (χ3n) is 6.80. The Morgan fingerprint density at radius 2 is 1.91 bits per heavy atom. The van der Waals surface area contributed by atoms with Crippen LogP contribution in [0, 0.1) is 17.5 Å². The summed E-state index contributed by atoms with van der Waals surface area (Å²) in [6.07, 6.45) is 6.44. The summed E-state index contributed by atoms with van der Waals surface area (Å²) in [7, 11) is 1.70. The highest BCUT2D eigenvalue weighted by Gasteiger charge is 2.44. The molecule has 5 heterocycles. The summed E-state index contributed by atoms with van der Waals surface area (Å²) in [5.74, 6) is -4.07. The lowest BCUT2D eigenvalue weighted by Gasteiger charge is -2.45. The number of halogens is 3. The minimum Gasteiger partial charge on any atom is -0.325 e. The van der Waals surface area contributed by atoms with Crippen molar-refractivity contribution >= 4 is 11.6 Å². The SMILES string of the molecule is Cn1nc2c(c1-c1cc(F)c(F)c(F)c1)C[C@@H]1CCC[C@H]2N1C(=O)c1cnc2ccccn12. The number of rotatable bonds is 2. The fourth-order valence-corrected chi connectivity index (χ4v) is 5.43. The average molecular weight is 451 g/mol. The van der Waals surface area contributed by atoms with E-state index in [9.17, 15) is 18.0 Å². The molecule has 2 aliphatic rings. The predicted octanol–water partition coefficient (Wildman–Crippen LogP) is 4.44. The Balaban J connectivity index is 1.45. The van der Waals surface area contributed by atoms with Gasteiger partial charge in [-0.15, -0.1) is 0 Å². The van der Waals surface area contributed by atoms with E-state index in [2.05, 4.69) is 10.1 Å². The third kappa shape index (κ3) is 2.91. The van der Waals surface area contributed by atoms with E-state index in [0.717, 1.165) is 42.7 Å². The van der Waals surface area contributed by atoms with Crippen LogP contribution in [0.3, 0.4) is 0 Å². The fourth-order valence-electron chi connectivity index (χ4n) is 5.43. The van der Waals surface area contributed by atoms with Gasteiger partial charge in [-0.05, 0) is 49.9 Å². The number of imidazole rings is 1. The second-order valence-corrected chi connectivity index (χ2v) is 8.68. The quantitative estimate of drug-likeness (QED) is 0.424. The van der Waals surface area contributed by atoms with Gasteiger partial charge in [0.2, 0.25) is 0 Å². The zero-order valence-electron chi connectivity index (χ0n) is 17.8. The number of benzene rings is 1. The predicted molar refractivity (Wildman–Crippen MR) is 114 cm³/mol. The van der Waals surface area contributed by atoms with Gasteiger partial charge in [0.15, 0.2) is 17.5 Å². The summed E-state index contributed by atoms with van der Waals surface area (Å²) < 4.78 is 44.8. The molecule has 1 aromatic carbocycles. The molecular weight excluding hydrogens is 431 g/mol. The van der Waals surface area contributed by atoms with Crippen molar-refractivity contribution < 1.29 is 18.0 Å². The van der Waals surface area contributed by atoms with E-state index in [0.29, 0.717) is 23.5 Å². The molecule has 33 heavy (non-hydrogen) atoms. The Hall–Kier alpha value is -3.62. The Labute approximate surface area is 187 Å². The summed E-state index contributed by atoms with van der Waals surface area (Å²) in [4.78, 5) is 19.9. The van der Waals surface area contributed by atoms with Crippen molar-refractivity contribution in [1.29, 1.82) is 0 Å². The Kier molecular flexibility index (Phi) is 4.36. The van der Waals surface area contributed by atoms with Crippen molar-refractivity contribution in [3.05, 3.63) is 77.1 Å². The maximum atomic E-state index is 14.0. The van der Waals surface area contributed by atoms with Crippen molar-refractivity contribution in [1.82, 2.24) is 24.1 Å². The molecule has 0 radical (unpaired) electrons. The van der Waals surface area contributed by atoms with Gasteiger partial charge in [-0.1, -0.05) is 6.07 Å². The van der Waals surface area contributed by atoms with Gasteiger partial charge in [-0.25, -0.2) is 18.2 Å². The third-order valence-corrected chi connectivity index (χ3v) is 6.80. The number of carbonyl (C=O) groups excluding carboxylic acids is 1. The van der Waals surface area contributed by atoms with Crippen LogP contribution in [-0.4, -0.2) is 36.0 Å². The number of fused-ring (bicyclic) bond motifs is 5. The van der Waals surface area contributed by atoms with Gasteiger partial charge < -0.3 is 4.90 Å². The van der Waals surface area contributed by atoms with Crippen LogP contribution in [0.4, 0.5) is 13.2 Å². The number of nitrogens with zero attached hydrogens (tertiary/aromatic N) is 5. The van der Waals surface area contributed by atoms with Gasteiger partial charge in [0.25, 0.3) is 5.91 Å². The molecule has 2 bridgehead atoms. The molecule has 9 heteroatoms. The summed E-state index contributed by atoms with van der Waals surface area (Å²) in [6, 6.07) is 7.25. The van der Waals surface area contributed by atoms with E-state index in [1.54, 1.807) is 22.3 Å². The molecule has 0 spiro atoms. The molecular formula is C24H20F3N5O. The number of hydrogen-bond donors (Lipinski definition) is 0. The smallest absolute Gasteiger partial charge is 0.273 e. The van der Waals surface area contributed by atoms with E-state index in [1.165, 1.54) is 0 Å². The summed E-state index contributed by atoms with van der Waals surface area (Å²) >= 11 is 0. The molecule has 2 atom stereocenters. The molecule has 6 nitrogen and oxygen atoms in total. The molecule has 0 aliphatic carbocycles. The van der Waals surface area contributed by atoms with Crippen LogP contribution in [-0.2, 0) is 13.5 Å². The molecule has 1 saturated heterocycles. The number of amides is 1. The van der Waals surface area contributed by atoms with Gasteiger partial charge in [0.05, 0.1) is 23.6 Å². The number of carbonyl (C=O) groups is 1. The number of aromatic nitrogens is 4. The maximum Gasteiger partial charge on any atom is 0.273 e. The fraction of sp³-hybridized carbons (Fsp3) is 0.292. The second-order valence-electron chi connectivity index (χ2n) is 8.68. The average Bonchev–Trinajstić information content (AvgIpc) is 3.37. The highest BCUT2D eigenvalue weighted by atomic mass is 19.2. The summed E-state index contributed by atoms with van der Waals surface area (Å²) in [6.45, 7) is 0. The number of piperidine rings is 1. The Morgan fingerprint density at radius 1 is 1.12 bits per heavy atom. The molecule has 0 N–H and O–H groups in total. The number of hydrogen-bond acceptors (Lipinski definition) is 3. The molecule has 6 rings (SSSR count). The van der Waals surface area contributed by atoms with E-state index < -0.39 is 17.5 Å². The maximum absolute atomic E-state index is 14.0. The minimum atomic E-state index is -1.49. The minimum absolute atomic E-state index is 0.0731. The lowest BCUT2D eigenvalue weighted by molar-refractivity contribution is 0.0385.